The third-order valence-electron chi connectivity index (χ3n) is 2.00. The fourth-order valence-corrected chi connectivity index (χ4v) is 1.29. The SMILES string of the molecule is CC(C)(O)CCCc1[nH]c(=O)[nH]c1O. The van der Waals surface area contributed by atoms with Gasteiger partial charge < -0.3 is 15.2 Å². The summed E-state index contributed by atoms with van der Waals surface area (Å²) >= 11 is 0. The Bertz CT molecular complexity index is 346. The van der Waals surface area contributed by atoms with Crippen molar-refractivity contribution in [3.05, 3.63) is 16.2 Å². The van der Waals surface area contributed by atoms with Gasteiger partial charge in [0.15, 0.2) is 0 Å². The normalized spacial score (nSPS) is 11.9. The standard InChI is InChI=1S/C9H16N2O3/c1-9(2,14)5-3-4-6-7(12)11-8(13)10-6/h12,14H,3-5H2,1-2H3,(H2,10,11,13). The Morgan fingerprint density at radius 1 is 1.36 bits per heavy atom. The molecule has 1 aromatic rings. The van der Waals surface area contributed by atoms with Gasteiger partial charge in [-0.3, -0.25) is 4.98 Å². The Labute approximate surface area is 81.8 Å². The summed E-state index contributed by atoms with van der Waals surface area (Å²) in [5.41, 5.74) is -0.605. The second-order valence-corrected chi connectivity index (χ2v) is 4.07. The number of aliphatic hydroxyl groups is 1. The highest BCUT2D eigenvalue weighted by Gasteiger charge is 2.13. The van der Waals surface area contributed by atoms with Gasteiger partial charge in [-0.25, -0.2) is 4.79 Å². The highest BCUT2D eigenvalue weighted by atomic mass is 16.3. The summed E-state index contributed by atoms with van der Waals surface area (Å²) in [7, 11) is 0. The first-order valence-corrected chi connectivity index (χ1v) is 4.61. The smallest absolute Gasteiger partial charge is 0.325 e. The summed E-state index contributed by atoms with van der Waals surface area (Å²) in [6, 6.07) is 0. The molecule has 0 spiro atoms. The molecule has 1 rings (SSSR count). The molecule has 0 aliphatic carbocycles. The Morgan fingerprint density at radius 3 is 2.43 bits per heavy atom. The topological polar surface area (TPSA) is 89.1 Å². The molecule has 1 heterocycles. The number of rotatable bonds is 4. The number of aromatic amines is 2. The van der Waals surface area contributed by atoms with Crippen LogP contribution in [0.25, 0.3) is 0 Å². The van der Waals surface area contributed by atoms with E-state index in [0.717, 1.165) is 0 Å². The number of aryl methyl sites for hydroxylation is 1. The van der Waals surface area contributed by atoms with Gasteiger partial charge in [-0.05, 0) is 33.1 Å². The Balaban J connectivity index is 2.46. The molecule has 14 heavy (non-hydrogen) atoms. The molecule has 0 fully saturated rings. The van der Waals surface area contributed by atoms with Crippen LogP contribution < -0.4 is 5.69 Å². The van der Waals surface area contributed by atoms with Crippen molar-refractivity contribution in [3.63, 3.8) is 0 Å². The molecule has 0 unspecified atom stereocenters. The Kier molecular flexibility index (Phi) is 3.00. The predicted octanol–water partition coefficient (Wildman–Crippen LogP) is 0.502. The van der Waals surface area contributed by atoms with E-state index in [1.54, 1.807) is 13.8 Å². The van der Waals surface area contributed by atoms with Crippen LogP contribution in [0.15, 0.2) is 4.79 Å². The maximum atomic E-state index is 10.8. The highest BCUT2D eigenvalue weighted by Crippen LogP contribution is 2.15. The lowest BCUT2D eigenvalue weighted by molar-refractivity contribution is 0.0688. The third-order valence-corrected chi connectivity index (χ3v) is 2.00. The zero-order valence-corrected chi connectivity index (χ0v) is 8.42. The molecular weight excluding hydrogens is 184 g/mol. The van der Waals surface area contributed by atoms with Gasteiger partial charge in [0.1, 0.15) is 0 Å². The lowest BCUT2D eigenvalue weighted by Gasteiger charge is -2.15. The van der Waals surface area contributed by atoms with Crippen LogP contribution in [-0.4, -0.2) is 25.8 Å². The molecule has 0 aliphatic heterocycles. The van der Waals surface area contributed by atoms with Crippen molar-refractivity contribution >= 4 is 0 Å². The first kappa shape index (κ1) is 10.8. The van der Waals surface area contributed by atoms with Gasteiger partial charge in [-0.1, -0.05) is 0 Å². The van der Waals surface area contributed by atoms with E-state index in [1.807, 2.05) is 0 Å². The summed E-state index contributed by atoms with van der Waals surface area (Å²) in [4.78, 5) is 15.5. The van der Waals surface area contributed by atoms with E-state index in [1.165, 1.54) is 0 Å². The monoisotopic (exact) mass is 200 g/mol. The van der Waals surface area contributed by atoms with Crippen LogP contribution in [0, 0.1) is 0 Å². The van der Waals surface area contributed by atoms with E-state index >= 15 is 0 Å². The number of H-pyrrole nitrogens is 2. The zero-order chi connectivity index (χ0) is 10.8. The minimum Gasteiger partial charge on any atom is -0.493 e. The number of hydrogen-bond donors (Lipinski definition) is 4. The van der Waals surface area contributed by atoms with E-state index in [-0.39, 0.29) is 5.88 Å². The number of nitrogens with one attached hydrogen (secondary N) is 2. The molecule has 0 aromatic carbocycles. The Morgan fingerprint density at radius 2 is 2.00 bits per heavy atom. The zero-order valence-electron chi connectivity index (χ0n) is 8.42. The largest absolute Gasteiger partial charge is 0.493 e. The molecule has 5 heteroatoms. The van der Waals surface area contributed by atoms with Gasteiger partial charge >= 0.3 is 5.69 Å². The van der Waals surface area contributed by atoms with Crippen molar-refractivity contribution in [1.82, 2.24) is 9.97 Å². The molecular formula is C9H16N2O3. The summed E-state index contributed by atoms with van der Waals surface area (Å²) in [6.45, 7) is 3.46. The summed E-state index contributed by atoms with van der Waals surface area (Å²) in [6.07, 6.45) is 1.89. The highest BCUT2D eigenvalue weighted by molar-refractivity contribution is 5.15. The van der Waals surface area contributed by atoms with E-state index in [0.29, 0.717) is 25.0 Å². The molecule has 0 atom stereocenters. The minimum atomic E-state index is -0.702. The van der Waals surface area contributed by atoms with E-state index in [2.05, 4.69) is 9.97 Å². The van der Waals surface area contributed by atoms with Crippen LogP contribution in [-0.2, 0) is 6.42 Å². The van der Waals surface area contributed by atoms with Crippen LogP contribution in [0.1, 0.15) is 32.4 Å². The summed E-state index contributed by atoms with van der Waals surface area (Å²) in [5.74, 6) is -0.106. The number of imidazole rings is 1. The predicted molar refractivity (Wildman–Crippen MR) is 52.3 cm³/mol. The molecule has 0 bridgehead atoms. The van der Waals surface area contributed by atoms with Crippen LogP contribution >= 0.6 is 0 Å². The number of aromatic nitrogens is 2. The molecule has 0 aliphatic rings. The number of hydrogen-bond acceptors (Lipinski definition) is 3. The van der Waals surface area contributed by atoms with Crippen molar-refractivity contribution in [2.24, 2.45) is 0 Å². The van der Waals surface area contributed by atoms with Crippen molar-refractivity contribution in [1.29, 1.82) is 0 Å². The van der Waals surface area contributed by atoms with Gasteiger partial charge in [0.05, 0.1) is 11.3 Å². The van der Waals surface area contributed by atoms with Crippen LogP contribution in [0.4, 0.5) is 0 Å². The first-order valence-electron chi connectivity index (χ1n) is 4.61. The molecule has 5 nitrogen and oxygen atoms in total. The fourth-order valence-electron chi connectivity index (χ4n) is 1.29. The lowest BCUT2D eigenvalue weighted by atomic mass is 10.0. The summed E-state index contributed by atoms with van der Waals surface area (Å²) in [5, 5.41) is 18.6. The fraction of sp³-hybridized carbons (Fsp3) is 0.667. The van der Waals surface area contributed by atoms with Crippen molar-refractivity contribution in [2.45, 2.75) is 38.7 Å². The van der Waals surface area contributed by atoms with Crippen molar-refractivity contribution in [3.8, 4) is 5.88 Å². The molecule has 4 N–H and O–H groups in total. The van der Waals surface area contributed by atoms with Gasteiger partial charge in [0, 0.05) is 0 Å². The summed E-state index contributed by atoms with van der Waals surface area (Å²) < 4.78 is 0. The molecule has 0 radical (unpaired) electrons. The average Bonchev–Trinajstić information content (AvgIpc) is 2.27. The third kappa shape index (κ3) is 3.26. The molecule has 80 valence electrons. The molecule has 1 aromatic heterocycles. The second-order valence-electron chi connectivity index (χ2n) is 4.07. The van der Waals surface area contributed by atoms with Crippen molar-refractivity contribution in [2.75, 3.05) is 0 Å². The molecule has 0 saturated carbocycles. The van der Waals surface area contributed by atoms with Crippen LogP contribution in [0.3, 0.4) is 0 Å². The van der Waals surface area contributed by atoms with Crippen LogP contribution in [0.5, 0.6) is 5.88 Å². The first-order chi connectivity index (χ1) is 6.38. The van der Waals surface area contributed by atoms with Gasteiger partial charge in [-0.15, -0.1) is 0 Å². The van der Waals surface area contributed by atoms with E-state index in [9.17, 15) is 15.0 Å². The maximum absolute atomic E-state index is 10.8. The average molecular weight is 200 g/mol. The van der Waals surface area contributed by atoms with Gasteiger partial charge in [-0.2, -0.15) is 0 Å². The van der Waals surface area contributed by atoms with Crippen molar-refractivity contribution < 1.29 is 10.2 Å². The quantitative estimate of drug-likeness (QED) is 0.570. The van der Waals surface area contributed by atoms with Gasteiger partial charge in [0.25, 0.3) is 0 Å². The van der Waals surface area contributed by atoms with E-state index in [4.69, 9.17) is 0 Å². The lowest BCUT2D eigenvalue weighted by Crippen LogP contribution is -2.18. The Hall–Kier alpha value is -1.23. The van der Waals surface area contributed by atoms with E-state index < -0.39 is 11.3 Å². The van der Waals surface area contributed by atoms with Gasteiger partial charge in [0.2, 0.25) is 5.88 Å². The second kappa shape index (κ2) is 3.88. The number of aromatic hydroxyl groups is 1. The minimum absolute atomic E-state index is 0.106. The molecule has 0 amide bonds. The molecule has 0 saturated heterocycles. The maximum Gasteiger partial charge on any atom is 0.325 e. The van der Waals surface area contributed by atoms with Crippen LogP contribution in [0.2, 0.25) is 0 Å².